The van der Waals surface area contributed by atoms with E-state index in [4.69, 9.17) is 9.47 Å². The van der Waals surface area contributed by atoms with Crippen molar-refractivity contribution in [3.05, 3.63) is 0 Å². The summed E-state index contributed by atoms with van der Waals surface area (Å²) in [6.07, 6.45) is 8.06. The van der Waals surface area contributed by atoms with Crippen molar-refractivity contribution < 1.29 is 14.6 Å². The fraction of sp³-hybridized carbons (Fsp3) is 1.00. The number of ether oxygens (including phenoxy) is 2. The lowest BCUT2D eigenvalue weighted by Gasteiger charge is -2.51. The molecule has 3 rings (SSSR count). The molecule has 3 fully saturated rings. The lowest BCUT2D eigenvalue weighted by Crippen LogP contribution is -2.54. The molecule has 1 aliphatic heterocycles. The second-order valence-electron chi connectivity index (χ2n) is 6.27. The molecule has 0 aromatic rings. The van der Waals surface area contributed by atoms with Gasteiger partial charge >= 0.3 is 0 Å². The van der Waals surface area contributed by atoms with E-state index >= 15 is 0 Å². The minimum Gasteiger partial charge on any atom is -0.387 e. The highest BCUT2D eigenvalue weighted by molar-refractivity contribution is 5.04. The van der Waals surface area contributed by atoms with Gasteiger partial charge in [0.2, 0.25) is 0 Å². The summed E-state index contributed by atoms with van der Waals surface area (Å²) in [6.45, 7) is 1.32. The van der Waals surface area contributed by atoms with Gasteiger partial charge in [-0.2, -0.15) is 0 Å². The lowest BCUT2D eigenvalue weighted by atomic mass is 9.67. The average Bonchev–Trinajstić information content (AvgIpc) is 3.11. The van der Waals surface area contributed by atoms with Gasteiger partial charge in [0.05, 0.1) is 17.8 Å². The van der Waals surface area contributed by atoms with E-state index in [0.717, 1.165) is 19.4 Å². The molecule has 17 heavy (non-hydrogen) atoms. The third kappa shape index (κ3) is 2.02. The number of hydrogen-bond donors (Lipinski definition) is 1. The van der Waals surface area contributed by atoms with E-state index in [1.807, 2.05) is 0 Å². The predicted molar refractivity (Wildman–Crippen MR) is 64.8 cm³/mol. The number of rotatable bonds is 4. The minimum atomic E-state index is -0.582. The van der Waals surface area contributed by atoms with Crippen molar-refractivity contribution in [2.75, 3.05) is 20.3 Å². The molecule has 3 aliphatic rings. The highest BCUT2D eigenvalue weighted by atomic mass is 16.5. The SMILES string of the molecule is COCC(O)(C1CC1)C1CCOC2(CCC2)C1. The molecule has 0 amide bonds. The molecule has 3 nitrogen and oxygen atoms in total. The molecular formula is C14H24O3. The number of aliphatic hydroxyl groups is 1. The Hall–Kier alpha value is -0.120. The van der Waals surface area contributed by atoms with Gasteiger partial charge in [0.1, 0.15) is 0 Å². The van der Waals surface area contributed by atoms with Gasteiger partial charge in [-0.05, 0) is 56.8 Å². The molecule has 1 heterocycles. The first-order valence-corrected chi connectivity index (χ1v) is 7.04. The second-order valence-corrected chi connectivity index (χ2v) is 6.27. The standard InChI is InChI=1S/C14H24O3/c1-16-10-14(15,11-3-4-11)12-5-8-17-13(9-12)6-2-7-13/h11-12,15H,2-10H2,1H3. The van der Waals surface area contributed by atoms with Crippen molar-refractivity contribution >= 4 is 0 Å². The molecule has 2 aliphatic carbocycles. The van der Waals surface area contributed by atoms with E-state index in [2.05, 4.69) is 0 Å². The smallest absolute Gasteiger partial charge is 0.0937 e. The van der Waals surface area contributed by atoms with Gasteiger partial charge in [0.15, 0.2) is 0 Å². The van der Waals surface area contributed by atoms with Gasteiger partial charge in [-0.3, -0.25) is 0 Å². The Labute approximate surface area is 103 Å². The summed E-state index contributed by atoms with van der Waals surface area (Å²) in [5.74, 6) is 0.853. The average molecular weight is 240 g/mol. The summed E-state index contributed by atoms with van der Waals surface area (Å²) in [4.78, 5) is 0. The van der Waals surface area contributed by atoms with Crippen LogP contribution in [0.15, 0.2) is 0 Å². The van der Waals surface area contributed by atoms with Gasteiger partial charge in [0.25, 0.3) is 0 Å². The second kappa shape index (κ2) is 4.22. The molecule has 2 unspecified atom stereocenters. The zero-order valence-corrected chi connectivity index (χ0v) is 10.8. The molecule has 0 radical (unpaired) electrons. The summed E-state index contributed by atoms with van der Waals surface area (Å²) >= 11 is 0. The summed E-state index contributed by atoms with van der Waals surface area (Å²) in [6, 6.07) is 0. The quantitative estimate of drug-likeness (QED) is 0.818. The van der Waals surface area contributed by atoms with Crippen molar-refractivity contribution in [2.45, 2.75) is 56.1 Å². The molecule has 98 valence electrons. The van der Waals surface area contributed by atoms with Crippen LogP contribution in [-0.4, -0.2) is 36.6 Å². The lowest BCUT2D eigenvalue weighted by molar-refractivity contribution is -0.189. The molecule has 1 saturated heterocycles. The Morgan fingerprint density at radius 3 is 2.59 bits per heavy atom. The van der Waals surface area contributed by atoms with Gasteiger partial charge < -0.3 is 14.6 Å². The highest BCUT2D eigenvalue weighted by Crippen LogP contribution is 2.52. The Kier molecular flexibility index (Phi) is 2.96. The van der Waals surface area contributed by atoms with Crippen LogP contribution in [0.4, 0.5) is 0 Å². The van der Waals surface area contributed by atoms with Crippen molar-refractivity contribution in [3.8, 4) is 0 Å². The normalized spacial score (nSPS) is 35.3. The van der Waals surface area contributed by atoms with Crippen LogP contribution >= 0.6 is 0 Å². The van der Waals surface area contributed by atoms with E-state index in [1.165, 1.54) is 32.1 Å². The Balaban J connectivity index is 1.72. The first kappa shape index (κ1) is 11.9. The zero-order valence-electron chi connectivity index (χ0n) is 10.8. The molecule has 0 bridgehead atoms. The largest absolute Gasteiger partial charge is 0.387 e. The van der Waals surface area contributed by atoms with E-state index in [-0.39, 0.29) is 5.60 Å². The molecule has 0 aromatic heterocycles. The van der Waals surface area contributed by atoms with Crippen molar-refractivity contribution in [1.82, 2.24) is 0 Å². The monoisotopic (exact) mass is 240 g/mol. The van der Waals surface area contributed by atoms with Crippen LogP contribution < -0.4 is 0 Å². The van der Waals surface area contributed by atoms with Crippen LogP contribution in [0.3, 0.4) is 0 Å². The van der Waals surface area contributed by atoms with Crippen LogP contribution in [0.25, 0.3) is 0 Å². The van der Waals surface area contributed by atoms with Crippen molar-refractivity contribution in [3.63, 3.8) is 0 Å². The van der Waals surface area contributed by atoms with Crippen LogP contribution in [0.5, 0.6) is 0 Å². The maximum atomic E-state index is 10.9. The summed E-state index contributed by atoms with van der Waals surface area (Å²) in [5.41, 5.74) is -0.458. The number of methoxy groups -OCH3 is 1. The van der Waals surface area contributed by atoms with Crippen molar-refractivity contribution in [2.24, 2.45) is 11.8 Å². The molecular weight excluding hydrogens is 216 g/mol. The molecule has 2 saturated carbocycles. The fourth-order valence-corrected chi connectivity index (χ4v) is 3.76. The van der Waals surface area contributed by atoms with Crippen LogP contribution in [0.2, 0.25) is 0 Å². The summed E-state index contributed by atoms with van der Waals surface area (Å²) in [7, 11) is 1.70. The number of hydrogen-bond acceptors (Lipinski definition) is 3. The van der Waals surface area contributed by atoms with Gasteiger partial charge in [-0.15, -0.1) is 0 Å². The Morgan fingerprint density at radius 2 is 2.06 bits per heavy atom. The molecule has 1 spiro atoms. The maximum Gasteiger partial charge on any atom is 0.0937 e. The third-order valence-electron chi connectivity index (χ3n) is 5.12. The van der Waals surface area contributed by atoms with E-state index in [0.29, 0.717) is 18.4 Å². The van der Waals surface area contributed by atoms with Crippen LogP contribution in [0.1, 0.15) is 44.9 Å². The Bertz CT molecular complexity index is 283. The van der Waals surface area contributed by atoms with Gasteiger partial charge in [0, 0.05) is 13.7 Å². The van der Waals surface area contributed by atoms with E-state index < -0.39 is 5.60 Å². The van der Waals surface area contributed by atoms with Crippen LogP contribution in [-0.2, 0) is 9.47 Å². The minimum absolute atomic E-state index is 0.125. The van der Waals surface area contributed by atoms with Gasteiger partial charge in [-0.1, -0.05) is 0 Å². The molecule has 1 N–H and O–H groups in total. The molecule has 0 aromatic carbocycles. The highest BCUT2D eigenvalue weighted by Gasteiger charge is 2.54. The zero-order chi connectivity index (χ0) is 11.9. The summed E-state index contributed by atoms with van der Waals surface area (Å²) in [5, 5.41) is 10.9. The predicted octanol–water partition coefficient (Wildman–Crippen LogP) is 2.12. The Morgan fingerprint density at radius 1 is 1.29 bits per heavy atom. The van der Waals surface area contributed by atoms with Crippen molar-refractivity contribution in [1.29, 1.82) is 0 Å². The van der Waals surface area contributed by atoms with Crippen LogP contribution in [0, 0.1) is 11.8 Å². The molecule has 3 heteroatoms. The van der Waals surface area contributed by atoms with E-state index in [1.54, 1.807) is 7.11 Å². The molecule has 2 atom stereocenters. The van der Waals surface area contributed by atoms with E-state index in [9.17, 15) is 5.11 Å². The topological polar surface area (TPSA) is 38.7 Å². The van der Waals surface area contributed by atoms with Gasteiger partial charge in [-0.25, -0.2) is 0 Å². The first-order chi connectivity index (χ1) is 8.19. The fourth-order valence-electron chi connectivity index (χ4n) is 3.76. The maximum absolute atomic E-state index is 10.9. The summed E-state index contributed by atoms with van der Waals surface area (Å²) < 4.78 is 11.2. The third-order valence-corrected chi connectivity index (χ3v) is 5.12. The first-order valence-electron chi connectivity index (χ1n) is 7.04.